The third-order valence-corrected chi connectivity index (χ3v) is 4.65. The van der Waals surface area contributed by atoms with Crippen LogP contribution >= 0.6 is 0 Å². The monoisotopic (exact) mass is 303 g/mol. The van der Waals surface area contributed by atoms with Crippen LogP contribution in [0.1, 0.15) is 50.2 Å². The fourth-order valence-electron chi connectivity index (χ4n) is 3.17. The minimum absolute atomic E-state index is 0.0977. The third-order valence-electron chi connectivity index (χ3n) is 4.65. The Kier molecular flexibility index (Phi) is 5.58. The van der Waals surface area contributed by atoms with Crippen LogP contribution in [-0.2, 0) is 22.4 Å². The summed E-state index contributed by atoms with van der Waals surface area (Å²) in [6, 6.07) is 7.98. The summed E-state index contributed by atoms with van der Waals surface area (Å²) in [5.41, 5.74) is 1.42. The van der Waals surface area contributed by atoms with Crippen LogP contribution in [-0.4, -0.2) is 23.5 Å². The fourth-order valence-corrected chi connectivity index (χ4v) is 3.17. The zero-order valence-corrected chi connectivity index (χ0v) is 13.2. The van der Waals surface area contributed by atoms with Crippen LogP contribution in [0.15, 0.2) is 24.3 Å². The van der Waals surface area contributed by atoms with E-state index in [2.05, 4.69) is 12.2 Å². The normalized spacial score (nSPS) is 17.0. The van der Waals surface area contributed by atoms with Gasteiger partial charge in [-0.25, -0.2) is 0 Å². The van der Waals surface area contributed by atoms with Crippen LogP contribution in [0.5, 0.6) is 0 Å². The molecule has 1 amide bonds. The SMILES string of the molecule is CCc1cccc(CC(=O)NCC2(C(=O)O)CCCCC2)c1. The van der Waals surface area contributed by atoms with Gasteiger partial charge in [0.05, 0.1) is 11.8 Å². The summed E-state index contributed by atoms with van der Waals surface area (Å²) < 4.78 is 0. The zero-order valence-electron chi connectivity index (χ0n) is 13.2. The predicted octanol–water partition coefficient (Wildman–Crippen LogP) is 2.94. The molecular weight excluding hydrogens is 278 g/mol. The van der Waals surface area contributed by atoms with Crippen LogP contribution in [0.3, 0.4) is 0 Å². The Morgan fingerprint density at radius 1 is 1.18 bits per heavy atom. The van der Waals surface area contributed by atoms with Gasteiger partial charge in [-0.3, -0.25) is 9.59 Å². The molecule has 120 valence electrons. The highest BCUT2D eigenvalue weighted by Gasteiger charge is 2.39. The van der Waals surface area contributed by atoms with Crippen molar-refractivity contribution < 1.29 is 14.7 Å². The van der Waals surface area contributed by atoms with E-state index in [1.165, 1.54) is 5.56 Å². The molecule has 0 radical (unpaired) electrons. The van der Waals surface area contributed by atoms with E-state index in [0.717, 1.165) is 31.2 Å². The Balaban J connectivity index is 1.92. The lowest BCUT2D eigenvalue weighted by Crippen LogP contribution is -2.44. The summed E-state index contributed by atoms with van der Waals surface area (Å²) in [4.78, 5) is 23.7. The number of hydrogen-bond donors (Lipinski definition) is 2. The maximum atomic E-state index is 12.1. The molecule has 1 saturated carbocycles. The van der Waals surface area contributed by atoms with Gasteiger partial charge in [-0.2, -0.15) is 0 Å². The number of carbonyl (C=O) groups excluding carboxylic acids is 1. The van der Waals surface area contributed by atoms with Gasteiger partial charge in [0, 0.05) is 6.54 Å². The Labute approximate surface area is 131 Å². The molecule has 1 aliphatic carbocycles. The molecule has 1 aliphatic rings. The van der Waals surface area contributed by atoms with Crippen molar-refractivity contribution in [2.24, 2.45) is 5.41 Å². The number of carboxylic acid groups (broad SMARTS) is 1. The number of carboxylic acids is 1. The van der Waals surface area contributed by atoms with Gasteiger partial charge < -0.3 is 10.4 Å². The van der Waals surface area contributed by atoms with E-state index in [4.69, 9.17) is 0 Å². The second-order valence-corrected chi connectivity index (χ2v) is 6.27. The third kappa shape index (κ3) is 4.09. The molecule has 1 fully saturated rings. The van der Waals surface area contributed by atoms with Gasteiger partial charge in [0.15, 0.2) is 0 Å². The van der Waals surface area contributed by atoms with Gasteiger partial charge >= 0.3 is 5.97 Å². The van der Waals surface area contributed by atoms with Crippen molar-refractivity contribution in [3.05, 3.63) is 35.4 Å². The summed E-state index contributed by atoms with van der Waals surface area (Å²) in [5, 5.41) is 12.3. The average molecular weight is 303 g/mol. The average Bonchev–Trinajstić information content (AvgIpc) is 2.54. The van der Waals surface area contributed by atoms with Crippen molar-refractivity contribution in [1.29, 1.82) is 0 Å². The van der Waals surface area contributed by atoms with Crippen molar-refractivity contribution in [1.82, 2.24) is 5.32 Å². The molecule has 0 unspecified atom stereocenters. The molecule has 0 heterocycles. The first-order valence-corrected chi connectivity index (χ1v) is 8.14. The Hall–Kier alpha value is -1.84. The minimum Gasteiger partial charge on any atom is -0.481 e. The Morgan fingerprint density at radius 3 is 2.50 bits per heavy atom. The number of carbonyl (C=O) groups is 2. The second kappa shape index (κ2) is 7.43. The van der Waals surface area contributed by atoms with Gasteiger partial charge in [-0.1, -0.05) is 50.5 Å². The number of amides is 1. The quantitative estimate of drug-likeness (QED) is 0.849. The van der Waals surface area contributed by atoms with E-state index in [1.54, 1.807) is 0 Å². The molecule has 0 bridgehead atoms. The highest BCUT2D eigenvalue weighted by Crippen LogP contribution is 2.36. The number of hydrogen-bond acceptors (Lipinski definition) is 2. The Bertz CT molecular complexity index is 533. The van der Waals surface area contributed by atoms with Gasteiger partial charge in [-0.15, -0.1) is 0 Å². The van der Waals surface area contributed by atoms with Crippen LogP contribution in [0.25, 0.3) is 0 Å². The van der Waals surface area contributed by atoms with Crippen molar-refractivity contribution in [2.75, 3.05) is 6.54 Å². The smallest absolute Gasteiger partial charge is 0.311 e. The molecule has 1 aromatic rings. The molecule has 4 heteroatoms. The van der Waals surface area contributed by atoms with E-state index in [-0.39, 0.29) is 12.5 Å². The maximum absolute atomic E-state index is 12.1. The first kappa shape index (κ1) is 16.5. The van der Waals surface area contributed by atoms with Crippen molar-refractivity contribution in [3.63, 3.8) is 0 Å². The van der Waals surface area contributed by atoms with E-state index in [9.17, 15) is 14.7 Å². The van der Waals surface area contributed by atoms with Gasteiger partial charge in [0.25, 0.3) is 0 Å². The summed E-state index contributed by atoms with van der Waals surface area (Å²) in [5.74, 6) is -0.875. The molecule has 22 heavy (non-hydrogen) atoms. The maximum Gasteiger partial charge on any atom is 0.311 e. The summed E-state index contributed by atoms with van der Waals surface area (Å²) in [6.07, 6.45) is 5.53. The van der Waals surface area contributed by atoms with Gasteiger partial charge in [0.2, 0.25) is 5.91 Å². The number of aryl methyl sites for hydroxylation is 1. The van der Waals surface area contributed by atoms with Crippen LogP contribution in [0, 0.1) is 5.41 Å². The minimum atomic E-state index is -0.777. The lowest BCUT2D eigenvalue weighted by molar-refractivity contribution is -0.151. The first-order valence-electron chi connectivity index (χ1n) is 8.14. The largest absolute Gasteiger partial charge is 0.481 e. The molecule has 2 rings (SSSR count). The molecule has 0 spiro atoms. The highest BCUT2D eigenvalue weighted by molar-refractivity contribution is 5.80. The molecule has 0 aliphatic heterocycles. The summed E-state index contributed by atoms with van der Waals surface area (Å²) in [7, 11) is 0. The molecule has 0 saturated heterocycles. The molecule has 2 N–H and O–H groups in total. The predicted molar refractivity (Wildman–Crippen MR) is 85.7 cm³/mol. The second-order valence-electron chi connectivity index (χ2n) is 6.27. The van der Waals surface area contributed by atoms with Crippen LogP contribution < -0.4 is 5.32 Å². The molecule has 1 aromatic carbocycles. The van der Waals surface area contributed by atoms with Crippen molar-refractivity contribution in [2.45, 2.75) is 51.9 Å². The number of nitrogens with one attached hydrogen (secondary N) is 1. The summed E-state index contributed by atoms with van der Waals surface area (Å²) in [6.45, 7) is 2.33. The lowest BCUT2D eigenvalue weighted by Gasteiger charge is -2.33. The molecule has 0 aromatic heterocycles. The van der Waals surface area contributed by atoms with Gasteiger partial charge in [-0.05, 0) is 30.4 Å². The molecular formula is C18H25NO3. The Morgan fingerprint density at radius 2 is 1.86 bits per heavy atom. The zero-order chi connectivity index (χ0) is 16.0. The van der Waals surface area contributed by atoms with Crippen molar-refractivity contribution >= 4 is 11.9 Å². The number of benzene rings is 1. The van der Waals surface area contributed by atoms with Gasteiger partial charge in [0.1, 0.15) is 0 Å². The van der Waals surface area contributed by atoms with Crippen molar-refractivity contribution in [3.8, 4) is 0 Å². The van der Waals surface area contributed by atoms with E-state index in [0.29, 0.717) is 19.3 Å². The first-order chi connectivity index (χ1) is 10.6. The van der Waals surface area contributed by atoms with Crippen LogP contribution in [0.2, 0.25) is 0 Å². The topological polar surface area (TPSA) is 66.4 Å². The fraction of sp³-hybridized carbons (Fsp3) is 0.556. The lowest BCUT2D eigenvalue weighted by atomic mass is 9.74. The van der Waals surface area contributed by atoms with E-state index < -0.39 is 11.4 Å². The van der Waals surface area contributed by atoms with E-state index >= 15 is 0 Å². The summed E-state index contributed by atoms with van der Waals surface area (Å²) >= 11 is 0. The molecule has 0 atom stereocenters. The highest BCUT2D eigenvalue weighted by atomic mass is 16.4. The standard InChI is InChI=1S/C18H25NO3/c1-2-14-7-6-8-15(11-14)12-16(20)19-13-18(17(21)22)9-4-3-5-10-18/h6-8,11H,2-5,9-10,12-13H2,1H3,(H,19,20)(H,21,22). The number of aliphatic carboxylic acids is 1. The number of rotatable bonds is 6. The molecule has 4 nitrogen and oxygen atoms in total. The van der Waals surface area contributed by atoms with E-state index in [1.807, 2.05) is 24.3 Å². The van der Waals surface area contributed by atoms with Crippen LogP contribution in [0.4, 0.5) is 0 Å².